The summed E-state index contributed by atoms with van der Waals surface area (Å²) in [5.41, 5.74) is 1.31. The molecule has 0 bridgehead atoms. The van der Waals surface area contributed by atoms with E-state index in [0.29, 0.717) is 12.0 Å². The van der Waals surface area contributed by atoms with Gasteiger partial charge in [-0.1, -0.05) is 23.7 Å². The number of ether oxygens (including phenoxy) is 1. The smallest absolute Gasteiger partial charge is 0.191 e. The quantitative estimate of drug-likeness (QED) is 0.249. The highest BCUT2D eigenvalue weighted by atomic mass is 127. The zero-order valence-corrected chi connectivity index (χ0v) is 17.6. The second kappa shape index (κ2) is 11.9. The Balaban J connectivity index is 0.00000288. The second-order valence-electron chi connectivity index (χ2n) is 5.81. The topological polar surface area (TPSA) is 45.7 Å². The van der Waals surface area contributed by atoms with Crippen LogP contribution in [0.4, 0.5) is 0 Å². The zero-order chi connectivity index (χ0) is 16.5. The summed E-state index contributed by atoms with van der Waals surface area (Å²) in [6.45, 7) is 7.44. The largest absolute Gasteiger partial charge is 0.382 e. The number of nitrogens with one attached hydrogen (secondary N) is 2. The molecular weight excluding hydrogens is 437 g/mol. The maximum absolute atomic E-state index is 6.07. The molecule has 1 aromatic rings. The van der Waals surface area contributed by atoms with Crippen LogP contribution in [0.3, 0.4) is 0 Å². The van der Waals surface area contributed by atoms with Gasteiger partial charge in [-0.3, -0.25) is 4.99 Å². The molecule has 0 aliphatic heterocycles. The molecule has 1 aliphatic carbocycles. The average molecular weight is 466 g/mol. The molecule has 6 heteroatoms. The fourth-order valence-electron chi connectivity index (χ4n) is 2.61. The lowest BCUT2D eigenvalue weighted by Crippen LogP contribution is -2.39. The number of aliphatic imine (C=N–C) groups is 1. The van der Waals surface area contributed by atoms with E-state index in [1.807, 2.05) is 19.1 Å². The Labute approximate surface area is 167 Å². The van der Waals surface area contributed by atoms with Crippen molar-refractivity contribution < 1.29 is 4.74 Å². The molecule has 24 heavy (non-hydrogen) atoms. The first-order chi connectivity index (χ1) is 11.2. The van der Waals surface area contributed by atoms with E-state index in [2.05, 4.69) is 34.7 Å². The normalized spacial score (nSPS) is 19.5. The molecule has 1 saturated carbocycles. The third kappa shape index (κ3) is 7.57. The van der Waals surface area contributed by atoms with Gasteiger partial charge in [0.2, 0.25) is 0 Å². The summed E-state index contributed by atoms with van der Waals surface area (Å²) >= 11 is 6.07. The first-order valence-corrected chi connectivity index (χ1v) is 9.00. The number of halogens is 2. The molecule has 1 aromatic carbocycles. The van der Waals surface area contributed by atoms with Gasteiger partial charge in [0.25, 0.3) is 0 Å². The van der Waals surface area contributed by atoms with E-state index >= 15 is 0 Å². The first kappa shape index (κ1) is 21.5. The monoisotopic (exact) mass is 465 g/mol. The lowest BCUT2D eigenvalue weighted by molar-refractivity contribution is 0.144. The van der Waals surface area contributed by atoms with Crippen LogP contribution < -0.4 is 10.6 Å². The van der Waals surface area contributed by atoms with Crippen LogP contribution in [0.25, 0.3) is 0 Å². The lowest BCUT2D eigenvalue weighted by atomic mass is 10.1. The molecule has 0 radical (unpaired) electrons. The first-order valence-electron chi connectivity index (χ1n) is 8.62. The molecule has 0 amide bonds. The molecule has 1 aliphatic rings. The number of rotatable bonds is 9. The van der Waals surface area contributed by atoms with Gasteiger partial charge in [0.1, 0.15) is 0 Å². The molecule has 2 rings (SSSR count). The SMILES string of the molecule is CCNC(=NCCCCOCC)NC1CC1c1cccc(Cl)c1.I. The third-order valence-electron chi connectivity index (χ3n) is 3.90. The summed E-state index contributed by atoms with van der Waals surface area (Å²) in [5.74, 6) is 1.45. The minimum atomic E-state index is 0. The summed E-state index contributed by atoms with van der Waals surface area (Å²) in [6.07, 6.45) is 3.25. The Kier molecular flexibility index (Phi) is 10.7. The number of hydrogen-bond donors (Lipinski definition) is 2. The van der Waals surface area contributed by atoms with Gasteiger partial charge < -0.3 is 15.4 Å². The van der Waals surface area contributed by atoms with Crippen LogP contribution in [-0.2, 0) is 4.74 Å². The van der Waals surface area contributed by atoms with E-state index < -0.39 is 0 Å². The van der Waals surface area contributed by atoms with E-state index in [-0.39, 0.29) is 24.0 Å². The zero-order valence-electron chi connectivity index (χ0n) is 14.6. The van der Waals surface area contributed by atoms with Crippen molar-refractivity contribution in [2.45, 2.75) is 45.1 Å². The summed E-state index contributed by atoms with van der Waals surface area (Å²) in [4.78, 5) is 4.65. The van der Waals surface area contributed by atoms with Gasteiger partial charge in [-0.2, -0.15) is 0 Å². The van der Waals surface area contributed by atoms with Crippen LogP contribution in [-0.4, -0.2) is 38.3 Å². The Morgan fingerprint density at radius 1 is 1.33 bits per heavy atom. The fourth-order valence-corrected chi connectivity index (χ4v) is 2.81. The lowest BCUT2D eigenvalue weighted by Gasteiger charge is -2.11. The van der Waals surface area contributed by atoms with Crippen molar-refractivity contribution >= 4 is 41.5 Å². The maximum atomic E-state index is 6.07. The average Bonchev–Trinajstić information content (AvgIpc) is 3.30. The molecule has 1 fully saturated rings. The van der Waals surface area contributed by atoms with Crippen LogP contribution in [0.2, 0.25) is 5.02 Å². The van der Waals surface area contributed by atoms with Crippen molar-refractivity contribution in [2.24, 2.45) is 4.99 Å². The Morgan fingerprint density at radius 3 is 2.88 bits per heavy atom. The number of hydrogen-bond acceptors (Lipinski definition) is 2. The van der Waals surface area contributed by atoms with Crippen LogP contribution in [0.5, 0.6) is 0 Å². The van der Waals surface area contributed by atoms with Crippen LogP contribution >= 0.6 is 35.6 Å². The van der Waals surface area contributed by atoms with E-state index in [0.717, 1.165) is 56.5 Å². The van der Waals surface area contributed by atoms with Gasteiger partial charge in [0.05, 0.1) is 0 Å². The molecule has 2 unspecified atom stereocenters. The predicted octanol–water partition coefficient (Wildman–Crippen LogP) is 4.19. The molecule has 0 aromatic heterocycles. The molecule has 2 atom stereocenters. The highest BCUT2D eigenvalue weighted by Crippen LogP contribution is 2.41. The Morgan fingerprint density at radius 2 is 2.17 bits per heavy atom. The van der Waals surface area contributed by atoms with Gasteiger partial charge >= 0.3 is 0 Å². The van der Waals surface area contributed by atoms with E-state index in [9.17, 15) is 0 Å². The van der Waals surface area contributed by atoms with Crippen molar-refractivity contribution in [3.8, 4) is 0 Å². The van der Waals surface area contributed by atoms with Crippen molar-refractivity contribution in [3.05, 3.63) is 34.9 Å². The molecular formula is C18H29ClIN3O. The minimum absolute atomic E-state index is 0. The van der Waals surface area contributed by atoms with Gasteiger partial charge in [-0.15, -0.1) is 24.0 Å². The van der Waals surface area contributed by atoms with E-state index in [1.165, 1.54) is 5.56 Å². The summed E-state index contributed by atoms with van der Waals surface area (Å²) < 4.78 is 5.34. The van der Waals surface area contributed by atoms with Crippen molar-refractivity contribution in [2.75, 3.05) is 26.3 Å². The second-order valence-corrected chi connectivity index (χ2v) is 6.25. The van der Waals surface area contributed by atoms with Gasteiger partial charge in [-0.05, 0) is 50.8 Å². The Hall–Kier alpha value is -0.530. The minimum Gasteiger partial charge on any atom is -0.382 e. The molecule has 4 nitrogen and oxygen atoms in total. The highest BCUT2D eigenvalue weighted by Gasteiger charge is 2.39. The molecule has 2 N–H and O–H groups in total. The molecule has 0 spiro atoms. The van der Waals surface area contributed by atoms with Crippen LogP contribution in [0.1, 0.15) is 44.6 Å². The Bertz CT molecular complexity index is 513. The summed E-state index contributed by atoms with van der Waals surface area (Å²) in [7, 11) is 0. The number of benzene rings is 1. The van der Waals surface area contributed by atoms with Gasteiger partial charge in [0, 0.05) is 43.3 Å². The number of guanidine groups is 1. The third-order valence-corrected chi connectivity index (χ3v) is 4.14. The van der Waals surface area contributed by atoms with E-state index in [1.54, 1.807) is 0 Å². The number of unbranched alkanes of at least 4 members (excludes halogenated alkanes) is 1. The molecule has 136 valence electrons. The summed E-state index contributed by atoms with van der Waals surface area (Å²) in [6, 6.07) is 8.60. The molecule has 0 saturated heterocycles. The standard InChI is InChI=1S/C18H28ClN3O.HI/c1-3-20-18(21-10-5-6-11-23-4-2)22-17-13-16(17)14-8-7-9-15(19)12-14;/h7-9,12,16-17H,3-6,10-11,13H2,1-2H3,(H2,20,21,22);1H. The summed E-state index contributed by atoms with van der Waals surface area (Å²) in [5, 5.41) is 7.66. The van der Waals surface area contributed by atoms with Gasteiger partial charge in [-0.25, -0.2) is 0 Å². The fraction of sp³-hybridized carbons (Fsp3) is 0.611. The predicted molar refractivity (Wildman–Crippen MR) is 113 cm³/mol. The maximum Gasteiger partial charge on any atom is 0.191 e. The number of nitrogens with zero attached hydrogens (tertiary/aromatic N) is 1. The highest BCUT2D eigenvalue weighted by molar-refractivity contribution is 14.0. The van der Waals surface area contributed by atoms with E-state index in [4.69, 9.17) is 16.3 Å². The van der Waals surface area contributed by atoms with Crippen molar-refractivity contribution in [3.63, 3.8) is 0 Å². The van der Waals surface area contributed by atoms with Crippen LogP contribution in [0, 0.1) is 0 Å². The van der Waals surface area contributed by atoms with Gasteiger partial charge in [0.15, 0.2) is 5.96 Å². The molecule has 0 heterocycles. The van der Waals surface area contributed by atoms with Crippen molar-refractivity contribution in [1.82, 2.24) is 10.6 Å². The van der Waals surface area contributed by atoms with Crippen LogP contribution in [0.15, 0.2) is 29.3 Å². The van der Waals surface area contributed by atoms with Crippen molar-refractivity contribution in [1.29, 1.82) is 0 Å².